The van der Waals surface area contributed by atoms with Crippen LogP contribution in [-0.4, -0.2) is 27.4 Å². The molecule has 1 fully saturated rings. The Morgan fingerprint density at radius 3 is 2.76 bits per heavy atom. The molecule has 2 rings (SSSR count). The topological polar surface area (TPSA) is 54.3 Å². The molecule has 0 spiro atoms. The summed E-state index contributed by atoms with van der Waals surface area (Å²) in [7, 11) is 3.50. The molecule has 1 aliphatic rings. The first kappa shape index (κ1) is 11.9. The lowest BCUT2D eigenvalue weighted by molar-refractivity contribution is -0.0964. The van der Waals surface area contributed by atoms with E-state index >= 15 is 0 Å². The van der Waals surface area contributed by atoms with Crippen LogP contribution in [-0.2, 0) is 4.74 Å². The molecule has 17 heavy (non-hydrogen) atoms. The van der Waals surface area contributed by atoms with Crippen LogP contribution in [0.2, 0.25) is 0 Å². The van der Waals surface area contributed by atoms with Crippen molar-refractivity contribution in [1.29, 1.82) is 5.26 Å². The van der Waals surface area contributed by atoms with Crippen LogP contribution in [0, 0.1) is 16.7 Å². The Labute approximate surface area is 101 Å². The van der Waals surface area contributed by atoms with E-state index in [2.05, 4.69) is 11.4 Å². The lowest BCUT2D eigenvalue weighted by atomic mass is 9.76. The zero-order valence-corrected chi connectivity index (χ0v) is 10.1. The van der Waals surface area contributed by atoms with Gasteiger partial charge >= 0.3 is 0 Å². The molecule has 90 valence electrons. The molecule has 1 aromatic rings. The minimum Gasteiger partial charge on any atom is -0.497 e. The SMILES string of the molecule is CNC(c1cccc(OC)c1)C1(C#N)COC1. The first-order chi connectivity index (χ1) is 8.25. The molecule has 1 aliphatic heterocycles. The lowest BCUT2D eigenvalue weighted by Crippen LogP contribution is -2.50. The van der Waals surface area contributed by atoms with Gasteiger partial charge in [-0.25, -0.2) is 0 Å². The fraction of sp³-hybridized carbons (Fsp3) is 0.462. The van der Waals surface area contributed by atoms with Gasteiger partial charge in [-0.3, -0.25) is 0 Å². The third-order valence-electron chi connectivity index (χ3n) is 3.21. The molecule has 1 saturated heterocycles. The second-order valence-electron chi connectivity index (χ2n) is 4.26. The Hall–Kier alpha value is -1.57. The highest BCUT2D eigenvalue weighted by molar-refractivity contribution is 5.33. The van der Waals surface area contributed by atoms with Crippen LogP contribution < -0.4 is 10.1 Å². The highest BCUT2D eigenvalue weighted by atomic mass is 16.5. The van der Waals surface area contributed by atoms with Crippen LogP contribution in [0.3, 0.4) is 0 Å². The molecule has 4 heteroatoms. The van der Waals surface area contributed by atoms with Gasteiger partial charge in [-0.15, -0.1) is 0 Å². The van der Waals surface area contributed by atoms with Gasteiger partial charge in [0.1, 0.15) is 11.2 Å². The maximum absolute atomic E-state index is 9.32. The van der Waals surface area contributed by atoms with Crippen LogP contribution in [0.15, 0.2) is 24.3 Å². The Bertz CT molecular complexity index is 435. The molecule has 0 saturated carbocycles. The van der Waals surface area contributed by atoms with Crippen molar-refractivity contribution >= 4 is 0 Å². The van der Waals surface area contributed by atoms with Crippen LogP contribution in [0.1, 0.15) is 11.6 Å². The van der Waals surface area contributed by atoms with E-state index in [0.717, 1.165) is 11.3 Å². The second-order valence-corrected chi connectivity index (χ2v) is 4.26. The fourth-order valence-electron chi connectivity index (χ4n) is 2.20. The first-order valence-corrected chi connectivity index (χ1v) is 5.56. The molecular weight excluding hydrogens is 216 g/mol. The van der Waals surface area contributed by atoms with E-state index in [-0.39, 0.29) is 6.04 Å². The predicted octanol–water partition coefficient (Wildman–Crippen LogP) is 1.50. The van der Waals surface area contributed by atoms with Crippen molar-refractivity contribution in [3.63, 3.8) is 0 Å². The second kappa shape index (κ2) is 4.74. The van der Waals surface area contributed by atoms with Crippen molar-refractivity contribution in [2.45, 2.75) is 6.04 Å². The Morgan fingerprint density at radius 2 is 2.29 bits per heavy atom. The molecule has 1 heterocycles. The van der Waals surface area contributed by atoms with Crippen LogP contribution in [0.25, 0.3) is 0 Å². The fourth-order valence-corrected chi connectivity index (χ4v) is 2.20. The third kappa shape index (κ3) is 1.99. The highest BCUT2D eigenvalue weighted by Gasteiger charge is 2.46. The van der Waals surface area contributed by atoms with Crippen LogP contribution in [0.5, 0.6) is 5.75 Å². The van der Waals surface area contributed by atoms with E-state index in [1.807, 2.05) is 31.3 Å². The van der Waals surface area contributed by atoms with Crippen molar-refractivity contribution in [1.82, 2.24) is 5.32 Å². The average Bonchev–Trinajstić information content (AvgIpc) is 2.33. The number of benzene rings is 1. The van der Waals surface area contributed by atoms with E-state index < -0.39 is 5.41 Å². The number of ether oxygens (including phenoxy) is 2. The van der Waals surface area contributed by atoms with Gasteiger partial charge in [-0.05, 0) is 24.7 Å². The van der Waals surface area contributed by atoms with Crippen LogP contribution >= 0.6 is 0 Å². The van der Waals surface area contributed by atoms with Gasteiger partial charge in [0, 0.05) is 0 Å². The van der Waals surface area contributed by atoms with E-state index in [1.54, 1.807) is 7.11 Å². The summed E-state index contributed by atoms with van der Waals surface area (Å²) in [5.41, 5.74) is 0.595. The number of hydrogen-bond acceptors (Lipinski definition) is 4. The summed E-state index contributed by atoms with van der Waals surface area (Å²) >= 11 is 0. The van der Waals surface area contributed by atoms with Gasteiger partial charge in [0.15, 0.2) is 0 Å². The van der Waals surface area contributed by atoms with Gasteiger partial charge in [0.25, 0.3) is 0 Å². The normalized spacial score (nSPS) is 18.9. The quantitative estimate of drug-likeness (QED) is 0.854. The number of methoxy groups -OCH3 is 1. The van der Waals surface area contributed by atoms with E-state index in [1.165, 1.54) is 0 Å². The average molecular weight is 232 g/mol. The smallest absolute Gasteiger partial charge is 0.123 e. The lowest BCUT2D eigenvalue weighted by Gasteiger charge is -2.41. The van der Waals surface area contributed by atoms with Gasteiger partial charge < -0.3 is 14.8 Å². The number of hydrogen-bond donors (Lipinski definition) is 1. The minimum atomic E-state index is -0.457. The van der Waals surface area contributed by atoms with Gasteiger partial charge in [0.2, 0.25) is 0 Å². The summed E-state index contributed by atoms with van der Waals surface area (Å²) in [5, 5.41) is 12.5. The third-order valence-corrected chi connectivity index (χ3v) is 3.21. The van der Waals surface area contributed by atoms with Crippen molar-refractivity contribution < 1.29 is 9.47 Å². The molecule has 1 N–H and O–H groups in total. The molecule has 1 atom stereocenters. The summed E-state index contributed by atoms with van der Waals surface area (Å²) < 4.78 is 10.4. The van der Waals surface area contributed by atoms with Crippen molar-refractivity contribution in [3.05, 3.63) is 29.8 Å². The van der Waals surface area contributed by atoms with Gasteiger partial charge in [-0.2, -0.15) is 5.26 Å². The molecule has 0 bridgehead atoms. The monoisotopic (exact) mass is 232 g/mol. The standard InChI is InChI=1S/C13H16N2O2/c1-15-12(13(7-14)8-17-9-13)10-4-3-5-11(6-10)16-2/h3-6,12,15H,8-9H2,1-2H3. The summed E-state index contributed by atoms with van der Waals surface area (Å²) in [6.07, 6.45) is 0. The molecule has 0 radical (unpaired) electrons. The number of rotatable bonds is 4. The maximum Gasteiger partial charge on any atom is 0.123 e. The molecule has 0 aromatic heterocycles. The maximum atomic E-state index is 9.32. The number of nitrogens with zero attached hydrogens (tertiary/aromatic N) is 1. The number of nitrogens with one attached hydrogen (secondary N) is 1. The number of nitriles is 1. The zero-order valence-electron chi connectivity index (χ0n) is 10.1. The Morgan fingerprint density at radius 1 is 1.53 bits per heavy atom. The van der Waals surface area contributed by atoms with Crippen molar-refractivity contribution in [2.24, 2.45) is 5.41 Å². The molecule has 4 nitrogen and oxygen atoms in total. The zero-order chi connectivity index (χ0) is 12.3. The molecule has 1 unspecified atom stereocenters. The summed E-state index contributed by atoms with van der Waals surface area (Å²) in [5.74, 6) is 0.802. The van der Waals surface area contributed by atoms with Crippen molar-refractivity contribution in [2.75, 3.05) is 27.4 Å². The highest BCUT2D eigenvalue weighted by Crippen LogP contribution is 2.40. The first-order valence-electron chi connectivity index (χ1n) is 5.56. The minimum absolute atomic E-state index is 0.0312. The Balaban J connectivity index is 2.32. The van der Waals surface area contributed by atoms with Gasteiger partial charge in [-0.1, -0.05) is 12.1 Å². The van der Waals surface area contributed by atoms with Gasteiger partial charge in [0.05, 0.1) is 32.4 Å². The molecule has 0 aliphatic carbocycles. The van der Waals surface area contributed by atoms with E-state index in [9.17, 15) is 5.26 Å². The predicted molar refractivity (Wildman–Crippen MR) is 63.7 cm³/mol. The molecular formula is C13H16N2O2. The summed E-state index contributed by atoms with van der Waals surface area (Å²) in [4.78, 5) is 0. The summed E-state index contributed by atoms with van der Waals surface area (Å²) in [6.45, 7) is 0.957. The molecule has 0 amide bonds. The van der Waals surface area contributed by atoms with E-state index in [0.29, 0.717) is 13.2 Å². The molecule has 1 aromatic carbocycles. The summed E-state index contributed by atoms with van der Waals surface area (Å²) in [6, 6.07) is 10.1. The van der Waals surface area contributed by atoms with Crippen molar-refractivity contribution in [3.8, 4) is 11.8 Å². The van der Waals surface area contributed by atoms with Crippen LogP contribution in [0.4, 0.5) is 0 Å². The van der Waals surface area contributed by atoms with E-state index in [4.69, 9.17) is 9.47 Å². The Kier molecular flexibility index (Phi) is 3.32. The largest absolute Gasteiger partial charge is 0.497 e.